The van der Waals surface area contributed by atoms with E-state index >= 15 is 0 Å². The topological polar surface area (TPSA) is 54.0 Å². The van der Waals surface area contributed by atoms with Crippen LogP contribution in [0.2, 0.25) is 0 Å². The van der Waals surface area contributed by atoms with E-state index in [-0.39, 0.29) is 0 Å². The maximum Gasteiger partial charge on any atom is 0.246 e. The number of hydrogen-bond acceptors (Lipinski definition) is 4. The lowest BCUT2D eigenvalue weighted by Gasteiger charge is -2.16. The van der Waals surface area contributed by atoms with Gasteiger partial charge in [0.2, 0.25) is 5.91 Å². The van der Waals surface area contributed by atoms with Gasteiger partial charge in [-0.2, -0.15) is 0 Å². The molecule has 0 saturated heterocycles. The molecule has 134 valence electrons. The zero-order chi connectivity index (χ0) is 18.7. The number of aryl methyl sites for hydroxylation is 1. The Morgan fingerprint density at radius 2 is 1.77 bits per heavy atom. The molecule has 0 fully saturated rings. The lowest BCUT2D eigenvalue weighted by atomic mass is 10.1. The minimum atomic E-state index is -0.812. The highest BCUT2D eigenvalue weighted by Crippen LogP contribution is 2.23. The average molecular weight is 373 g/mol. The molecule has 0 aliphatic heterocycles. The summed E-state index contributed by atoms with van der Waals surface area (Å²) in [6, 6.07) is 10.2. The number of hydrogen-bond donors (Lipinski definition) is 2. The van der Waals surface area contributed by atoms with Crippen LogP contribution in [0.4, 0.5) is 20.2 Å². The van der Waals surface area contributed by atoms with E-state index < -0.39 is 29.3 Å². The lowest BCUT2D eigenvalue weighted by Crippen LogP contribution is -2.32. The number of carbonyl (C=O) groups excluding carboxylic acids is 1. The van der Waals surface area contributed by atoms with E-state index in [0.29, 0.717) is 0 Å². The van der Waals surface area contributed by atoms with Crippen LogP contribution in [0.1, 0.15) is 11.9 Å². The van der Waals surface area contributed by atoms with Gasteiger partial charge in [0.15, 0.2) is 0 Å². The number of anilines is 2. The predicted molar refractivity (Wildman–Crippen MR) is 100 cm³/mol. The quantitative estimate of drug-likeness (QED) is 0.673. The van der Waals surface area contributed by atoms with Crippen molar-refractivity contribution in [2.24, 2.45) is 0 Å². The minimum absolute atomic E-state index is 0.444. The van der Waals surface area contributed by atoms with Gasteiger partial charge in [-0.05, 0) is 38.1 Å². The van der Waals surface area contributed by atoms with Crippen molar-refractivity contribution in [1.29, 1.82) is 0 Å². The van der Waals surface area contributed by atoms with Gasteiger partial charge < -0.3 is 10.6 Å². The number of nitrogens with one attached hydrogen (secondary N) is 2. The second kappa shape index (κ2) is 7.61. The monoisotopic (exact) mass is 373 g/mol. The Kier molecular flexibility index (Phi) is 5.27. The van der Waals surface area contributed by atoms with Crippen molar-refractivity contribution in [1.82, 2.24) is 4.98 Å². The van der Waals surface area contributed by atoms with Crippen molar-refractivity contribution in [2.45, 2.75) is 19.9 Å². The molecule has 26 heavy (non-hydrogen) atoms. The van der Waals surface area contributed by atoms with Crippen molar-refractivity contribution in [2.75, 3.05) is 10.6 Å². The average Bonchev–Trinajstić information content (AvgIpc) is 3.05. The Morgan fingerprint density at radius 3 is 2.35 bits per heavy atom. The highest BCUT2D eigenvalue weighted by Gasteiger charge is 2.17. The Morgan fingerprint density at radius 1 is 1.12 bits per heavy atom. The third kappa shape index (κ3) is 4.05. The first-order valence-electron chi connectivity index (χ1n) is 7.98. The maximum absolute atomic E-state index is 13.6. The van der Waals surface area contributed by atoms with Crippen LogP contribution >= 0.6 is 11.3 Å². The van der Waals surface area contributed by atoms with Gasteiger partial charge in [-0.15, -0.1) is 11.3 Å². The molecular formula is C19H17F2N3OS. The van der Waals surface area contributed by atoms with Crippen LogP contribution in [-0.2, 0) is 4.79 Å². The smallest absolute Gasteiger partial charge is 0.246 e. The molecule has 0 spiro atoms. The molecule has 7 heteroatoms. The molecule has 2 aromatic carbocycles. The van der Waals surface area contributed by atoms with Gasteiger partial charge >= 0.3 is 0 Å². The van der Waals surface area contributed by atoms with Crippen LogP contribution in [0, 0.1) is 18.6 Å². The molecule has 0 saturated carbocycles. The van der Waals surface area contributed by atoms with Gasteiger partial charge in [-0.25, -0.2) is 13.8 Å². The third-order valence-corrected chi connectivity index (χ3v) is 4.56. The largest absolute Gasteiger partial charge is 0.374 e. The summed E-state index contributed by atoms with van der Waals surface area (Å²) < 4.78 is 27.3. The molecule has 0 aliphatic rings. The molecule has 0 unspecified atom stereocenters. The number of amides is 1. The van der Waals surface area contributed by atoms with Gasteiger partial charge in [0, 0.05) is 16.6 Å². The number of aromatic nitrogens is 1. The molecule has 1 heterocycles. The van der Waals surface area contributed by atoms with Gasteiger partial charge in [0.25, 0.3) is 0 Å². The summed E-state index contributed by atoms with van der Waals surface area (Å²) in [5.74, 6) is -2.16. The first-order valence-corrected chi connectivity index (χ1v) is 8.86. The van der Waals surface area contributed by atoms with Gasteiger partial charge in [-0.1, -0.05) is 18.2 Å². The lowest BCUT2D eigenvalue weighted by molar-refractivity contribution is -0.116. The first-order chi connectivity index (χ1) is 12.4. The van der Waals surface area contributed by atoms with Crippen LogP contribution in [-0.4, -0.2) is 16.9 Å². The van der Waals surface area contributed by atoms with E-state index in [4.69, 9.17) is 0 Å². The summed E-state index contributed by atoms with van der Waals surface area (Å²) in [6.45, 7) is 3.56. The SMILES string of the molecule is Cc1nc(-c2ccc(N[C@@H](C)C(=O)Nc3c(F)cccc3F)cc2)cs1. The van der Waals surface area contributed by atoms with E-state index in [1.54, 1.807) is 18.3 Å². The van der Waals surface area contributed by atoms with Crippen LogP contribution in [0.15, 0.2) is 47.8 Å². The molecule has 1 atom stereocenters. The second-order valence-corrected chi connectivity index (χ2v) is 6.84. The number of rotatable bonds is 5. The maximum atomic E-state index is 13.6. The minimum Gasteiger partial charge on any atom is -0.374 e. The summed E-state index contributed by atoms with van der Waals surface area (Å²) >= 11 is 1.58. The van der Waals surface area contributed by atoms with Crippen molar-refractivity contribution < 1.29 is 13.6 Å². The van der Waals surface area contributed by atoms with Crippen molar-refractivity contribution in [3.05, 3.63) is 64.5 Å². The van der Waals surface area contributed by atoms with E-state index in [1.165, 1.54) is 6.07 Å². The summed E-state index contributed by atoms with van der Waals surface area (Å²) in [4.78, 5) is 16.6. The number of halogens is 2. The highest BCUT2D eigenvalue weighted by molar-refractivity contribution is 7.09. The Hall–Kier alpha value is -2.80. The van der Waals surface area contributed by atoms with Crippen LogP contribution < -0.4 is 10.6 Å². The standard InChI is InChI=1S/C19H17F2N3OS/c1-11(19(25)24-18-15(20)4-3-5-16(18)21)22-14-8-6-13(7-9-14)17-10-26-12(2)23-17/h3-11,22H,1-2H3,(H,24,25)/t11-/m0/s1. The van der Waals surface area contributed by atoms with Gasteiger partial charge in [0.05, 0.1) is 10.7 Å². The fourth-order valence-corrected chi connectivity index (χ4v) is 3.02. The van der Waals surface area contributed by atoms with Gasteiger partial charge in [0.1, 0.15) is 23.4 Å². The summed E-state index contributed by atoms with van der Waals surface area (Å²) in [7, 11) is 0. The van der Waals surface area contributed by atoms with Crippen molar-refractivity contribution in [3.8, 4) is 11.3 Å². The molecule has 0 radical (unpaired) electrons. The summed E-state index contributed by atoms with van der Waals surface area (Å²) in [6.07, 6.45) is 0. The zero-order valence-electron chi connectivity index (χ0n) is 14.2. The van der Waals surface area contributed by atoms with E-state index in [2.05, 4.69) is 15.6 Å². The molecule has 3 rings (SSSR count). The normalized spacial score (nSPS) is 11.8. The molecule has 3 aromatic rings. The predicted octanol–water partition coefficient (Wildman–Crippen LogP) is 4.84. The zero-order valence-corrected chi connectivity index (χ0v) is 15.0. The van der Waals surface area contributed by atoms with Crippen LogP contribution in [0.5, 0.6) is 0 Å². The molecule has 2 N–H and O–H groups in total. The molecule has 1 aromatic heterocycles. The number of carbonyl (C=O) groups is 1. The fraction of sp³-hybridized carbons (Fsp3) is 0.158. The molecular weight excluding hydrogens is 356 g/mol. The van der Waals surface area contributed by atoms with E-state index in [9.17, 15) is 13.6 Å². The van der Waals surface area contributed by atoms with Gasteiger partial charge in [-0.3, -0.25) is 4.79 Å². The van der Waals surface area contributed by atoms with Crippen molar-refractivity contribution in [3.63, 3.8) is 0 Å². The molecule has 0 aliphatic carbocycles. The number of thiazole rings is 1. The first kappa shape index (κ1) is 18.0. The Labute approximate surface area is 153 Å². The Balaban J connectivity index is 1.65. The number of para-hydroxylation sites is 1. The third-order valence-electron chi connectivity index (χ3n) is 3.79. The molecule has 1 amide bonds. The number of nitrogens with zero attached hydrogens (tertiary/aromatic N) is 1. The second-order valence-electron chi connectivity index (χ2n) is 5.78. The molecule has 0 bridgehead atoms. The van der Waals surface area contributed by atoms with E-state index in [0.717, 1.165) is 34.1 Å². The summed E-state index contributed by atoms with van der Waals surface area (Å²) in [5, 5.41) is 8.26. The van der Waals surface area contributed by atoms with Crippen LogP contribution in [0.25, 0.3) is 11.3 Å². The summed E-state index contributed by atoms with van der Waals surface area (Å²) in [5.41, 5.74) is 2.16. The Bertz CT molecular complexity index is 905. The number of benzene rings is 2. The van der Waals surface area contributed by atoms with Crippen LogP contribution in [0.3, 0.4) is 0 Å². The highest BCUT2D eigenvalue weighted by atomic mass is 32.1. The fourth-order valence-electron chi connectivity index (χ4n) is 2.40. The van der Waals surface area contributed by atoms with E-state index in [1.807, 2.05) is 36.6 Å². The molecule has 4 nitrogen and oxygen atoms in total. The van der Waals surface area contributed by atoms with Crippen molar-refractivity contribution >= 4 is 28.6 Å².